The number of anilines is 1. The van der Waals surface area contributed by atoms with Crippen LogP contribution in [0.1, 0.15) is 5.56 Å². The molecular weight excluding hydrogens is 392 g/mol. The first-order chi connectivity index (χ1) is 12.5. The summed E-state index contributed by atoms with van der Waals surface area (Å²) in [5.74, 6) is 0. The zero-order valence-electron chi connectivity index (χ0n) is 15.6. The second-order valence-electron chi connectivity index (χ2n) is 6.56. The highest BCUT2D eigenvalue weighted by atomic mass is 79.9. The van der Waals surface area contributed by atoms with Crippen LogP contribution in [-0.2, 0) is 0 Å². The Morgan fingerprint density at radius 2 is 1.88 bits per heavy atom. The van der Waals surface area contributed by atoms with Gasteiger partial charge < -0.3 is 10.2 Å². The third-order valence-electron chi connectivity index (χ3n) is 4.60. The summed E-state index contributed by atoms with van der Waals surface area (Å²) < 4.78 is 1.02. The normalized spacial score (nSPS) is 15.1. The molecule has 6 heteroatoms. The van der Waals surface area contributed by atoms with Crippen molar-refractivity contribution >= 4 is 27.6 Å². The number of nitrogens with zero attached hydrogens (tertiary/aromatic N) is 3. The van der Waals surface area contributed by atoms with Crippen LogP contribution in [0.2, 0.25) is 0 Å². The Morgan fingerprint density at radius 1 is 1.23 bits per heavy atom. The summed E-state index contributed by atoms with van der Waals surface area (Å²) in [4.78, 5) is 19.1. The highest BCUT2D eigenvalue weighted by Crippen LogP contribution is 2.20. The molecule has 0 spiro atoms. The maximum absolute atomic E-state index is 12.5. The van der Waals surface area contributed by atoms with Gasteiger partial charge in [-0.3, -0.25) is 9.80 Å². The fraction of sp³-hybridized carbons (Fsp3) is 0.450. The first-order valence-corrected chi connectivity index (χ1v) is 9.81. The maximum atomic E-state index is 12.5. The van der Waals surface area contributed by atoms with Crippen LogP contribution in [0.15, 0.2) is 48.0 Å². The standard InChI is InChI=1S/C20H29BrN4O/c1-4-8-23(9-5-2)10-11-24-12-14-25(15-13-24)20(26)22-19-7-6-18(21)16-17(19)3/h4-7,16H,1-2,8-15H2,3H3,(H,22,26). The van der Waals surface area contributed by atoms with Crippen LogP contribution >= 0.6 is 15.9 Å². The van der Waals surface area contributed by atoms with Crippen LogP contribution in [0.5, 0.6) is 0 Å². The van der Waals surface area contributed by atoms with Crippen molar-refractivity contribution in [1.29, 1.82) is 0 Å². The van der Waals surface area contributed by atoms with Crippen molar-refractivity contribution in [3.05, 3.63) is 53.5 Å². The molecule has 0 aromatic heterocycles. The Kier molecular flexibility index (Phi) is 8.35. The summed E-state index contributed by atoms with van der Waals surface area (Å²) in [6, 6.07) is 5.86. The molecule has 1 heterocycles. The van der Waals surface area contributed by atoms with Gasteiger partial charge in [0.1, 0.15) is 0 Å². The van der Waals surface area contributed by atoms with Crippen LogP contribution in [0.4, 0.5) is 10.5 Å². The Balaban J connectivity index is 1.77. The van der Waals surface area contributed by atoms with Crippen LogP contribution < -0.4 is 5.32 Å². The van der Waals surface area contributed by atoms with Gasteiger partial charge in [0.05, 0.1) is 0 Å². The number of aryl methyl sites for hydroxylation is 1. The number of amides is 2. The molecule has 5 nitrogen and oxygen atoms in total. The van der Waals surface area contributed by atoms with Gasteiger partial charge in [-0.25, -0.2) is 4.79 Å². The summed E-state index contributed by atoms with van der Waals surface area (Å²) in [5, 5.41) is 3.02. The Morgan fingerprint density at radius 3 is 2.46 bits per heavy atom. The van der Waals surface area contributed by atoms with E-state index in [1.165, 1.54) is 0 Å². The highest BCUT2D eigenvalue weighted by molar-refractivity contribution is 9.10. The first kappa shape index (κ1) is 20.7. The number of halogens is 1. The lowest BCUT2D eigenvalue weighted by atomic mass is 10.2. The number of carbonyl (C=O) groups excluding carboxylic acids is 1. The first-order valence-electron chi connectivity index (χ1n) is 9.02. The van der Waals surface area contributed by atoms with Crippen molar-refractivity contribution in [3.63, 3.8) is 0 Å². The molecule has 0 radical (unpaired) electrons. The zero-order chi connectivity index (χ0) is 18.9. The van der Waals surface area contributed by atoms with Crippen molar-refractivity contribution < 1.29 is 4.79 Å². The number of carbonyl (C=O) groups is 1. The number of benzene rings is 1. The van der Waals surface area contributed by atoms with Crippen molar-refractivity contribution in [2.45, 2.75) is 6.92 Å². The van der Waals surface area contributed by atoms with Gasteiger partial charge >= 0.3 is 6.03 Å². The van der Waals surface area contributed by atoms with E-state index < -0.39 is 0 Å². The third kappa shape index (κ3) is 6.27. The van der Waals surface area contributed by atoms with E-state index in [1.807, 2.05) is 42.2 Å². The van der Waals surface area contributed by atoms with Gasteiger partial charge in [-0.1, -0.05) is 28.1 Å². The Bertz CT molecular complexity index is 616. The Hall–Kier alpha value is -1.63. The number of piperazine rings is 1. The van der Waals surface area contributed by atoms with Crippen molar-refractivity contribution in [2.24, 2.45) is 0 Å². The molecular formula is C20H29BrN4O. The Labute approximate surface area is 165 Å². The van der Waals surface area contributed by atoms with E-state index >= 15 is 0 Å². The highest BCUT2D eigenvalue weighted by Gasteiger charge is 2.21. The van der Waals surface area contributed by atoms with E-state index in [-0.39, 0.29) is 6.03 Å². The average molecular weight is 421 g/mol. The molecule has 0 bridgehead atoms. The summed E-state index contributed by atoms with van der Waals surface area (Å²) >= 11 is 3.45. The van der Waals surface area contributed by atoms with E-state index in [4.69, 9.17) is 0 Å². The lowest BCUT2D eigenvalue weighted by Crippen LogP contribution is -2.51. The van der Waals surface area contributed by atoms with Crippen LogP contribution in [-0.4, -0.2) is 73.1 Å². The van der Waals surface area contributed by atoms with E-state index in [1.54, 1.807) is 0 Å². The fourth-order valence-corrected chi connectivity index (χ4v) is 3.52. The van der Waals surface area contributed by atoms with Crippen LogP contribution in [0.3, 0.4) is 0 Å². The van der Waals surface area contributed by atoms with Crippen molar-refractivity contribution in [1.82, 2.24) is 14.7 Å². The molecule has 1 saturated heterocycles. The van der Waals surface area contributed by atoms with Gasteiger partial charge in [-0.2, -0.15) is 0 Å². The minimum absolute atomic E-state index is 0.0185. The molecule has 142 valence electrons. The summed E-state index contributed by atoms with van der Waals surface area (Å²) in [6.07, 6.45) is 3.85. The summed E-state index contributed by atoms with van der Waals surface area (Å²) in [6.45, 7) is 16.7. The molecule has 1 aliphatic rings. The molecule has 26 heavy (non-hydrogen) atoms. The molecule has 2 amide bonds. The minimum Gasteiger partial charge on any atom is -0.322 e. The van der Waals surface area contributed by atoms with E-state index in [2.05, 4.69) is 44.2 Å². The molecule has 1 aliphatic heterocycles. The SMILES string of the molecule is C=CCN(CC=C)CCN1CCN(C(=O)Nc2ccc(Br)cc2C)CC1. The quantitative estimate of drug-likeness (QED) is 0.653. The third-order valence-corrected chi connectivity index (χ3v) is 5.09. The van der Waals surface area contributed by atoms with Gasteiger partial charge in [0.15, 0.2) is 0 Å². The van der Waals surface area contributed by atoms with Crippen molar-refractivity contribution in [3.8, 4) is 0 Å². The molecule has 0 saturated carbocycles. The van der Waals surface area contributed by atoms with Gasteiger partial charge in [0, 0.05) is 62.5 Å². The van der Waals surface area contributed by atoms with Gasteiger partial charge in [-0.15, -0.1) is 13.2 Å². The predicted molar refractivity (Wildman–Crippen MR) is 113 cm³/mol. The monoisotopic (exact) mass is 420 g/mol. The molecule has 1 aromatic rings. The number of rotatable bonds is 8. The second-order valence-corrected chi connectivity index (χ2v) is 7.47. The van der Waals surface area contributed by atoms with Crippen LogP contribution in [0, 0.1) is 6.92 Å². The topological polar surface area (TPSA) is 38.8 Å². The molecule has 1 fully saturated rings. The van der Waals surface area contributed by atoms with Crippen LogP contribution in [0.25, 0.3) is 0 Å². The maximum Gasteiger partial charge on any atom is 0.321 e. The smallest absolute Gasteiger partial charge is 0.321 e. The molecule has 0 atom stereocenters. The molecule has 1 N–H and O–H groups in total. The van der Waals surface area contributed by atoms with Gasteiger partial charge in [0.2, 0.25) is 0 Å². The van der Waals surface area contributed by atoms with E-state index in [0.717, 1.165) is 68.1 Å². The lowest BCUT2D eigenvalue weighted by Gasteiger charge is -2.35. The van der Waals surface area contributed by atoms with Crippen molar-refractivity contribution in [2.75, 3.05) is 57.7 Å². The fourth-order valence-electron chi connectivity index (χ4n) is 3.04. The molecule has 2 rings (SSSR count). The molecule has 0 aliphatic carbocycles. The van der Waals surface area contributed by atoms with E-state index in [0.29, 0.717) is 0 Å². The minimum atomic E-state index is -0.0185. The number of hydrogen-bond donors (Lipinski definition) is 1. The van der Waals surface area contributed by atoms with E-state index in [9.17, 15) is 4.79 Å². The van der Waals surface area contributed by atoms with Gasteiger partial charge in [-0.05, 0) is 30.7 Å². The van der Waals surface area contributed by atoms with Gasteiger partial charge in [0.25, 0.3) is 0 Å². The zero-order valence-corrected chi connectivity index (χ0v) is 17.2. The predicted octanol–water partition coefficient (Wildman–Crippen LogP) is 3.58. The number of urea groups is 1. The summed E-state index contributed by atoms with van der Waals surface area (Å²) in [5.41, 5.74) is 1.92. The summed E-state index contributed by atoms with van der Waals surface area (Å²) in [7, 11) is 0. The lowest BCUT2D eigenvalue weighted by molar-refractivity contribution is 0.137. The molecule has 0 unspecified atom stereocenters. The number of nitrogens with one attached hydrogen (secondary N) is 1. The average Bonchev–Trinajstić information content (AvgIpc) is 2.63. The second kappa shape index (κ2) is 10.5. The number of hydrogen-bond acceptors (Lipinski definition) is 3. The largest absolute Gasteiger partial charge is 0.322 e. The molecule has 1 aromatic carbocycles.